The lowest BCUT2D eigenvalue weighted by Crippen LogP contribution is -2.24. The van der Waals surface area contributed by atoms with E-state index < -0.39 is 5.91 Å². The molecule has 1 aromatic carbocycles. The van der Waals surface area contributed by atoms with Gasteiger partial charge in [-0.3, -0.25) is 4.79 Å². The highest BCUT2D eigenvalue weighted by Crippen LogP contribution is 2.23. The Labute approximate surface area is 98.7 Å². The van der Waals surface area contributed by atoms with Crippen LogP contribution in [0.5, 0.6) is 0 Å². The Morgan fingerprint density at radius 1 is 1.38 bits per heavy atom. The van der Waals surface area contributed by atoms with Crippen molar-refractivity contribution in [2.24, 2.45) is 16.5 Å². The zero-order chi connectivity index (χ0) is 12.3. The Morgan fingerprint density at radius 2 is 2.00 bits per heavy atom. The molecule has 0 fully saturated rings. The van der Waals surface area contributed by atoms with E-state index in [1.54, 1.807) is 17.0 Å². The summed E-state index contributed by atoms with van der Waals surface area (Å²) in [5.74, 6) is -0.777. The first-order chi connectivity index (χ1) is 7.41. The largest absolute Gasteiger partial charge is 0.377 e. The van der Waals surface area contributed by atoms with Gasteiger partial charge in [0.05, 0.1) is 5.56 Å². The highest BCUT2D eigenvalue weighted by Gasteiger charge is 2.13. The maximum atomic E-state index is 11.7. The number of anilines is 1. The molecule has 5 nitrogen and oxygen atoms in total. The van der Waals surface area contributed by atoms with E-state index in [9.17, 15) is 4.79 Å². The summed E-state index contributed by atoms with van der Waals surface area (Å²) in [6.45, 7) is 0. The lowest BCUT2D eigenvalue weighted by molar-refractivity contribution is 0.100. The maximum Gasteiger partial charge on any atom is 0.282 e. The van der Waals surface area contributed by atoms with Crippen LogP contribution < -0.4 is 16.4 Å². The monoisotopic (exact) mass is 240 g/mol. The molecular weight excluding hydrogens is 228 g/mol. The zero-order valence-electron chi connectivity index (χ0n) is 9.07. The first kappa shape index (κ1) is 12.3. The van der Waals surface area contributed by atoms with Gasteiger partial charge in [0.2, 0.25) is 0 Å². The lowest BCUT2D eigenvalue weighted by Gasteiger charge is -2.15. The second kappa shape index (κ2) is 4.85. The molecule has 4 N–H and O–H groups in total. The Kier molecular flexibility index (Phi) is 3.73. The van der Waals surface area contributed by atoms with Crippen LogP contribution in [-0.2, 0) is 0 Å². The van der Waals surface area contributed by atoms with Crippen LogP contribution in [0.1, 0.15) is 10.4 Å². The van der Waals surface area contributed by atoms with Gasteiger partial charge in [-0.1, -0.05) is 11.6 Å². The minimum absolute atomic E-state index is 0.269. The summed E-state index contributed by atoms with van der Waals surface area (Å²) in [5, 5.41) is 0.458. The second-order valence-electron chi connectivity index (χ2n) is 3.40. The summed E-state index contributed by atoms with van der Waals surface area (Å²) >= 11 is 5.82. The third-order valence-electron chi connectivity index (χ3n) is 1.90. The molecule has 1 rings (SSSR count). The van der Waals surface area contributed by atoms with Crippen molar-refractivity contribution in [2.75, 3.05) is 19.0 Å². The highest BCUT2D eigenvalue weighted by molar-refractivity contribution is 6.31. The van der Waals surface area contributed by atoms with Crippen molar-refractivity contribution in [3.8, 4) is 0 Å². The number of nitrogens with zero attached hydrogens (tertiary/aromatic N) is 2. The predicted octanol–water partition coefficient (Wildman–Crippen LogP) is 0.820. The molecule has 86 valence electrons. The fourth-order valence-corrected chi connectivity index (χ4v) is 1.42. The fraction of sp³-hybridized carbons (Fsp3) is 0.200. The van der Waals surface area contributed by atoms with E-state index in [-0.39, 0.29) is 5.96 Å². The normalized spacial score (nSPS) is 9.69. The number of rotatable bonds is 2. The standard InChI is InChI=1S/C10H13ClN4O/c1-15(2)8-4-3-6(11)5-7(8)9(16)14-10(12)13/h3-5H,1-2H3,(H4,12,13,14,16). The summed E-state index contributed by atoms with van der Waals surface area (Å²) in [6, 6.07) is 4.96. The summed E-state index contributed by atoms with van der Waals surface area (Å²) in [5.41, 5.74) is 11.4. The number of benzene rings is 1. The summed E-state index contributed by atoms with van der Waals surface area (Å²) in [6.07, 6.45) is 0. The number of amides is 1. The quantitative estimate of drug-likeness (QED) is 0.592. The molecule has 0 radical (unpaired) electrons. The molecule has 6 heteroatoms. The SMILES string of the molecule is CN(C)c1ccc(Cl)cc1C(=O)N=C(N)N. The van der Waals surface area contributed by atoms with E-state index in [1.807, 2.05) is 14.1 Å². The van der Waals surface area contributed by atoms with Crippen molar-refractivity contribution in [1.29, 1.82) is 0 Å². The number of hydrogen-bond acceptors (Lipinski definition) is 2. The minimum atomic E-state index is -0.508. The fourth-order valence-electron chi connectivity index (χ4n) is 1.25. The highest BCUT2D eigenvalue weighted by atomic mass is 35.5. The van der Waals surface area contributed by atoms with Gasteiger partial charge in [0.15, 0.2) is 5.96 Å². The lowest BCUT2D eigenvalue weighted by atomic mass is 10.1. The van der Waals surface area contributed by atoms with Crippen molar-refractivity contribution in [3.05, 3.63) is 28.8 Å². The molecule has 1 amide bonds. The molecule has 0 saturated carbocycles. The Bertz CT molecular complexity index is 438. The number of aliphatic imine (C=N–C) groups is 1. The maximum absolute atomic E-state index is 11.7. The Hall–Kier alpha value is -1.75. The summed E-state index contributed by atoms with van der Waals surface area (Å²) in [4.78, 5) is 17.0. The number of carbonyl (C=O) groups excluding carboxylic acids is 1. The molecule has 0 unspecified atom stereocenters. The van der Waals surface area contributed by atoms with Crippen LogP contribution in [0.15, 0.2) is 23.2 Å². The van der Waals surface area contributed by atoms with Crippen LogP contribution in [0.4, 0.5) is 5.69 Å². The van der Waals surface area contributed by atoms with Gasteiger partial charge in [-0.25, -0.2) is 0 Å². The van der Waals surface area contributed by atoms with Crippen LogP contribution in [0, 0.1) is 0 Å². The van der Waals surface area contributed by atoms with Gasteiger partial charge in [0.1, 0.15) is 0 Å². The number of nitrogens with two attached hydrogens (primary N) is 2. The van der Waals surface area contributed by atoms with Crippen molar-refractivity contribution in [2.45, 2.75) is 0 Å². The van der Waals surface area contributed by atoms with Gasteiger partial charge in [-0.2, -0.15) is 4.99 Å². The van der Waals surface area contributed by atoms with Gasteiger partial charge in [-0.05, 0) is 18.2 Å². The average Bonchev–Trinajstić information content (AvgIpc) is 2.15. The topological polar surface area (TPSA) is 84.7 Å². The summed E-state index contributed by atoms with van der Waals surface area (Å²) < 4.78 is 0. The van der Waals surface area contributed by atoms with Crippen molar-refractivity contribution in [1.82, 2.24) is 0 Å². The van der Waals surface area contributed by atoms with Crippen LogP contribution in [0.2, 0.25) is 5.02 Å². The third-order valence-corrected chi connectivity index (χ3v) is 2.14. The minimum Gasteiger partial charge on any atom is -0.377 e. The van der Waals surface area contributed by atoms with E-state index in [4.69, 9.17) is 23.1 Å². The number of halogens is 1. The van der Waals surface area contributed by atoms with E-state index in [0.717, 1.165) is 0 Å². The molecule has 1 aromatic rings. The molecule has 0 saturated heterocycles. The molecule has 0 spiro atoms. The second-order valence-corrected chi connectivity index (χ2v) is 3.83. The molecule has 0 aromatic heterocycles. The molecule has 0 heterocycles. The van der Waals surface area contributed by atoms with Crippen molar-refractivity contribution in [3.63, 3.8) is 0 Å². The van der Waals surface area contributed by atoms with Gasteiger partial charge >= 0.3 is 0 Å². The Morgan fingerprint density at radius 3 is 2.50 bits per heavy atom. The molecule has 0 atom stereocenters. The van der Waals surface area contributed by atoms with Gasteiger partial charge in [-0.15, -0.1) is 0 Å². The molecule has 16 heavy (non-hydrogen) atoms. The van der Waals surface area contributed by atoms with Gasteiger partial charge < -0.3 is 16.4 Å². The predicted molar refractivity (Wildman–Crippen MR) is 65.9 cm³/mol. The number of guanidine groups is 1. The molecule has 0 aliphatic carbocycles. The van der Waals surface area contributed by atoms with Crippen molar-refractivity contribution < 1.29 is 4.79 Å². The average molecular weight is 241 g/mol. The first-order valence-corrected chi connectivity index (χ1v) is 4.90. The molecular formula is C10H13ClN4O. The first-order valence-electron chi connectivity index (χ1n) is 4.52. The van der Waals surface area contributed by atoms with E-state index in [0.29, 0.717) is 16.3 Å². The third kappa shape index (κ3) is 2.87. The summed E-state index contributed by atoms with van der Waals surface area (Å²) in [7, 11) is 3.63. The van der Waals surface area contributed by atoms with Gasteiger partial charge in [0.25, 0.3) is 5.91 Å². The molecule has 0 aliphatic rings. The van der Waals surface area contributed by atoms with E-state index in [1.165, 1.54) is 6.07 Å². The van der Waals surface area contributed by atoms with E-state index >= 15 is 0 Å². The number of hydrogen-bond donors (Lipinski definition) is 2. The molecule has 0 aliphatic heterocycles. The van der Waals surface area contributed by atoms with Crippen LogP contribution >= 0.6 is 11.6 Å². The van der Waals surface area contributed by atoms with Gasteiger partial charge in [0, 0.05) is 24.8 Å². The smallest absolute Gasteiger partial charge is 0.282 e. The number of carbonyl (C=O) groups is 1. The molecule has 0 bridgehead atoms. The van der Waals surface area contributed by atoms with Crippen LogP contribution in [0.25, 0.3) is 0 Å². The van der Waals surface area contributed by atoms with Crippen LogP contribution in [0.3, 0.4) is 0 Å². The Balaban J connectivity index is 3.25. The zero-order valence-corrected chi connectivity index (χ0v) is 9.82. The van der Waals surface area contributed by atoms with Crippen molar-refractivity contribution >= 4 is 29.2 Å². The van der Waals surface area contributed by atoms with Crippen LogP contribution in [-0.4, -0.2) is 26.0 Å². The van der Waals surface area contributed by atoms with E-state index in [2.05, 4.69) is 4.99 Å².